The van der Waals surface area contributed by atoms with Crippen molar-refractivity contribution < 1.29 is 14.2 Å². The molecule has 160 valence electrons. The van der Waals surface area contributed by atoms with Gasteiger partial charge in [-0.05, 0) is 71.0 Å². The normalized spacial score (nSPS) is 20.7. The molecule has 3 aromatic rings. The van der Waals surface area contributed by atoms with Crippen LogP contribution in [0.15, 0.2) is 67.3 Å². The van der Waals surface area contributed by atoms with E-state index in [1.165, 1.54) is 9.13 Å². The fourth-order valence-electron chi connectivity index (χ4n) is 3.36. The third kappa shape index (κ3) is 6.34. The van der Waals surface area contributed by atoms with Crippen LogP contribution in [-0.4, -0.2) is 34.7 Å². The number of aryl methyl sites for hydroxylation is 1. The summed E-state index contributed by atoms with van der Waals surface area (Å²) in [5.74, 6) is 0.128. The van der Waals surface area contributed by atoms with Crippen molar-refractivity contribution in [2.45, 2.75) is 31.3 Å². The summed E-state index contributed by atoms with van der Waals surface area (Å²) in [4.78, 5) is 4.14. The Hall–Kier alpha value is -1.32. The molecule has 2 heterocycles. The maximum Gasteiger partial charge on any atom is 0.187 e. The Labute approximate surface area is 201 Å². The van der Waals surface area contributed by atoms with Gasteiger partial charge in [-0.1, -0.05) is 23.7 Å². The number of aromatic nitrogens is 2. The maximum absolute atomic E-state index is 6.39. The van der Waals surface area contributed by atoms with Crippen molar-refractivity contribution >= 4 is 46.6 Å². The third-order valence-corrected chi connectivity index (χ3v) is 5.82. The molecule has 0 amide bonds. The van der Waals surface area contributed by atoms with Crippen molar-refractivity contribution in [2.75, 3.05) is 13.2 Å². The number of ether oxygens (including phenoxy) is 3. The molecule has 1 aliphatic rings. The molecule has 0 spiro atoms. The van der Waals surface area contributed by atoms with Crippen LogP contribution in [0.3, 0.4) is 0 Å². The minimum Gasteiger partial charge on any atom is -0.491 e. The van der Waals surface area contributed by atoms with Crippen molar-refractivity contribution in [2.24, 2.45) is 0 Å². The molecule has 0 N–H and O–H groups in total. The second-order valence-corrected chi connectivity index (χ2v) is 8.77. The zero-order valence-corrected chi connectivity index (χ0v) is 20.0. The Kier molecular flexibility index (Phi) is 8.42. The third-order valence-electron chi connectivity index (χ3n) is 4.85. The van der Waals surface area contributed by atoms with E-state index in [0.717, 1.165) is 23.6 Å². The van der Waals surface area contributed by atoms with Gasteiger partial charge in [-0.2, -0.15) is 0 Å². The van der Waals surface area contributed by atoms with Crippen LogP contribution in [0.4, 0.5) is 0 Å². The van der Waals surface area contributed by atoms with Crippen LogP contribution in [0.5, 0.6) is 5.75 Å². The number of nitrogens with zero attached hydrogens (tertiary/aromatic N) is 2. The minimum absolute atomic E-state index is 0. The second kappa shape index (κ2) is 10.8. The van der Waals surface area contributed by atoms with E-state index in [0.29, 0.717) is 19.8 Å². The molecule has 0 bridgehead atoms. The molecule has 4 rings (SSSR count). The number of imidazole rings is 1. The van der Waals surface area contributed by atoms with E-state index in [1.54, 1.807) is 12.5 Å². The lowest BCUT2D eigenvalue weighted by Gasteiger charge is -2.28. The Morgan fingerprint density at radius 3 is 2.63 bits per heavy atom. The van der Waals surface area contributed by atoms with Gasteiger partial charge in [0.15, 0.2) is 5.79 Å². The first-order chi connectivity index (χ1) is 14.1. The van der Waals surface area contributed by atoms with Gasteiger partial charge in [-0.3, -0.25) is 0 Å². The van der Waals surface area contributed by atoms with Crippen LogP contribution in [0.25, 0.3) is 0 Å². The molecular formula is C22H23Cl2IN2O3. The topological polar surface area (TPSA) is 45.5 Å². The summed E-state index contributed by atoms with van der Waals surface area (Å²) in [5, 5.41) is 0.739. The van der Waals surface area contributed by atoms with E-state index in [1.807, 2.05) is 59.3 Å². The van der Waals surface area contributed by atoms with Gasteiger partial charge in [-0.15, -0.1) is 12.4 Å². The van der Waals surface area contributed by atoms with Crippen LogP contribution < -0.4 is 4.74 Å². The Balaban J connectivity index is 0.00000256. The van der Waals surface area contributed by atoms with Crippen LogP contribution in [0, 0.1) is 3.57 Å². The number of halogens is 3. The smallest absolute Gasteiger partial charge is 0.187 e. The van der Waals surface area contributed by atoms with E-state index in [-0.39, 0.29) is 18.5 Å². The molecule has 0 aliphatic carbocycles. The predicted molar refractivity (Wildman–Crippen MR) is 127 cm³/mol. The molecule has 0 unspecified atom stereocenters. The SMILES string of the molecule is Cl.Clc1ccc(CC[C@@]2(Cn3ccnc3)OC[C@H](COc3ccc(I)cc3)O2)cc1. The van der Waals surface area contributed by atoms with E-state index in [2.05, 4.69) is 27.6 Å². The van der Waals surface area contributed by atoms with Gasteiger partial charge in [0.25, 0.3) is 0 Å². The Morgan fingerprint density at radius 2 is 1.93 bits per heavy atom. The average Bonchev–Trinajstić information content (AvgIpc) is 3.38. The average molecular weight is 561 g/mol. The van der Waals surface area contributed by atoms with Crippen molar-refractivity contribution in [1.82, 2.24) is 9.55 Å². The molecule has 1 aliphatic heterocycles. The van der Waals surface area contributed by atoms with Crippen LogP contribution in [0.1, 0.15) is 12.0 Å². The molecule has 2 aromatic carbocycles. The molecule has 0 radical (unpaired) electrons. The summed E-state index contributed by atoms with van der Waals surface area (Å²) >= 11 is 8.28. The van der Waals surface area contributed by atoms with E-state index in [9.17, 15) is 0 Å². The molecule has 30 heavy (non-hydrogen) atoms. The summed E-state index contributed by atoms with van der Waals surface area (Å²) in [5.41, 5.74) is 1.20. The Bertz CT molecular complexity index is 907. The molecule has 8 heteroatoms. The van der Waals surface area contributed by atoms with Gasteiger partial charge in [-0.25, -0.2) is 4.98 Å². The molecule has 1 aromatic heterocycles. The van der Waals surface area contributed by atoms with Crippen LogP contribution in [-0.2, 0) is 22.4 Å². The van der Waals surface area contributed by atoms with Crippen molar-refractivity contribution in [3.63, 3.8) is 0 Å². The summed E-state index contributed by atoms with van der Waals surface area (Å²) in [6.07, 6.45) is 6.91. The monoisotopic (exact) mass is 560 g/mol. The molecule has 1 fully saturated rings. The van der Waals surface area contributed by atoms with Gasteiger partial charge in [0.1, 0.15) is 18.5 Å². The lowest BCUT2D eigenvalue weighted by atomic mass is 10.0. The highest BCUT2D eigenvalue weighted by molar-refractivity contribution is 14.1. The lowest BCUT2D eigenvalue weighted by molar-refractivity contribution is -0.184. The lowest BCUT2D eigenvalue weighted by Crippen LogP contribution is -2.37. The molecule has 1 saturated heterocycles. The first-order valence-electron chi connectivity index (χ1n) is 9.51. The number of benzene rings is 2. The van der Waals surface area contributed by atoms with Crippen LogP contribution >= 0.6 is 46.6 Å². The van der Waals surface area contributed by atoms with Crippen LogP contribution in [0.2, 0.25) is 5.02 Å². The van der Waals surface area contributed by atoms with E-state index in [4.69, 9.17) is 25.8 Å². The van der Waals surface area contributed by atoms with Gasteiger partial charge in [0.05, 0.1) is 19.5 Å². The number of hydrogen-bond donors (Lipinski definition) is 0. The summed E-state index contributed by atoms with van der Waals surface area (Å²) < 4.78 is 21.7. The Morgan fingerprint density at radius 1 is 1.17 bits per heavy atom. The largest absolute Gasteiger partial charge is 0.491 e. The van der Waals surface area contributed by atoms with Gasteiger partial charge in [0.2, 0.25) is 0 Å². The summed E-state index contributed by atoms with van der Waals surface area (Å²) in [6.45, 7) is 1.54. The van der Waals surface area contributed by atoms with Gasteiger partial charge < -0.3 is 18.8 Å². The fraction of sp³-hybridized carbons (Fsp3) is 0.318. The molecule has 5 nitrogen and oxygen atoms in total. The molecule has 2 atom stereocenters. The van der Waals surface area contributed by atoms with Crippen molar-refractivity contribution in [3.8, 4) is 5.75 Å². The first-order valence-corrected chi connectivity index (χ1v) is 11.0. The highest BCUT2D eigenvalue weighted by atomic mass is 127. The standard InChI is InChI=1S/C22H22ClIN2O3.ClH/c23-18-3-1-17(2-4-18)9-10-22(15-26-12-11-25-16-26)28-14-21(29-22)13-27-20-7-5-19(24)6-8-20;/h1-8,11-12,16,21H,9-10,13-15H2;1H/t21-,22+;/m0./s1. The number of rotatable bonds is 8. The van der Waals surface area contributed by atoms with Crippen molar-refractivity contribution in [3.05, 3.63) is 81.4 Å². The zero-order chi connectivity index (χ0) is 20.1. The van der Waals surface area contributed by atoms with E-state index >= 15 is 0 Å². The van der Waals surface area contributed by atoms with E-state index < -0.39 is 5.79 Å². The highest BCUT2D eigenvalue weighted by Gasteiger charge is 2.42. The maximum atomic E-state index is 6.39. The number of hydrogen-bond acceptors (Lipinski definition) is 4. The first kappa shape index (κ1) is 23.3. The molecular weight excluding hydrogens is 538 g/mol. The quantitative estimate of drug-likeness (QED) is 0.347. The fourth-order valence-corrected chi connectivity index (χ4v) is 3.84. The molecule has 0 saturated carbocycles. The van der Waals surface area contributed by atoms with Gasteiger partial charge in [0, 0.05) is 27.4 Å². The summed E-state index contributed by atoms with van der Waals surface area (Å²) in [6, 6.07) is 15.9. The van der Waals surface area contributed by atoms with Gasteiger partial charge >= 0.3 is 0 Å². The second-order valence-electron chi connectivity index (χ2n) is 7.09. The zero-order valence-electron chi connectivity index (χ0n) is 16.2. The summed E-state index contributed by atoms with van der Waals surface area (Å²) in [7, 11) is 0. The highest BCUT2D eigenvalue weighted by Crippen LogP contribution is 2.31. The van der Waals surface area contributed by atoms with Crippen molar-refractivity contribution in [1.29, 1.82) is 0 Å². The predicted octanol–water partition coefficient (Wildman–Crippen LogP) is 5.39. The minimum atomic E-state index is -0.708.